The van der Waals surface area contributed by atoms with Crippen molar-refractivity contribution in [2.45, 2.75) is 18.9 Å². The first-order valence-corrected chi connectivity index (χ1v) is 6.68. The Morgan fingerprint density at radius 3 is 3.00 bits per heavy atom. The first-order chi connectivity index (χ1) is 9.22. The molecular weight excluding hydrogens is 240 g/mol. The predicted molar refractivity (Wildman–Crippen MR) is 74.1 cm³/mol. The Kier molecular flexibility index (Phi) is 3.03. The molecule has 4 nitrogen and oxygen atoms in total. The van der Waals surface area contributed by atoms with Crippen LogP contribution in [0.1, 0.15) is 23.2 Å². The van der Waals surface area contributed by atoms with Gasteiger partial charge in [-0.15, -0.1) is 0 Å². The van der Waals surface area contributed by atoms with Gasteiger partial charge in [0.15, 0.2) is 0 Å². The van der Waals surface area contributed by atoms with Crippen molar-refractivity contribution in [3.05, 3.63) is 36.0 Å². The molecule has 0 aliphatic carbocycles. The first-order valence-electron chi connectivity index (χ1n) is 6.68. The van der Waals surface area contributed by atoms with Crippen LogP contribution in [0.3, 0.4) is 0 Å². The number of hydrogen-bond donors (Lipinski definition) is 1. The van der Waals surface area contributed by atoms with Crippen molar-refractivity contribution >= 4 is 16.8 Å². The van der Waals surface area contributed by atoms with E-state index in [1.165, 1.54) is 0 Å². The van der Waals surface area contributed by atoms with Crippen molar-refractivity contribution in [3.8, 4) is 0 Å². The standard InChI is InChI=1S/C15H18N2O2/c1-16-9-13(12-6-2-3-7-14(12)16)15(19)17-8-4-5-11(17)10-18/h2-3,6-7,9,11,18H,4-5,8,10H2,1H3. The number of aliphatic hydroxyl groups excluding tert-OH is 1. The van der Waals surface area contributed by atoms with E-state index in [0.717, 1.165) is 35.9 Å². The minimum atomic E-state index is -0.0218. The van der Waals surface area contributed by atoms with Crippen LogP contribution in [0.25, 0.3) is 10.9 Å². The average Bonchev–Trinajstić information content (AvgIpc) is 3.03. The highest BCUT2D eigenvalue weighted by Crippen LogP contribution is 2.25. The highest BCUT2D eigenvalue weighted by molar-refractivity contribution is 6.07. The Bertz CT molecular complexity index is 618. The molecule has 2 aromatic rings. The zero-order valence-corrected chi connectivity index (χ0v) is 11.0. The summed E-state index contributed by atoms with van der Waals surface area (Å²) in [6.45, 7) is 0.795. The molecule has 2 heterocycles. The number of fused-ring (bicyclic) bond motifs is 1. The molecule has 1 fully saturated rings. The van der Waals surface area contributed by atoms with Crippen LogP contribution in [0.2, 0.25) is 0 Å². The van der Waals surface area contributed by atoms with Crippen molar-refractivity contribution in [1.82, 2.24) is 9.47 Å². The van der Waals surface area contributed by atoms with Crippen LogP contribution in [0.5, 0.6) is 0 Å². The third kappa shape index (κ3) is 1.92. The summed E-state index contributed by atoms with van der Waals surface area (Å²) >= 11 is 0. The molecule has 1 amide bonds. The van der Waals surface area contributed by atoms with Crippen molar-refractivity contribution in [2.75, 3.05) is 13.2 Å². The zero-order chi connectivity index (χ0) is 13.4. The Morgan fingerprint density at radius 2 is 2.21 bits per heavy atom. The number of likely N-dealkylation sites (tertiary alicyclic amines) is 1. The molecule has 0 spiro atoms. The average molecular weight is 258 g/mol. The largest absolute Gasteiger partial charge is 0.394 e. The fourth-order valence-electron chi connectivity index (χ4n) is 2.96. The summed E-state index contributed by atoms with van der Waals surface area (Å²) in [5.74, 6) is 0.0355. The van der Waals surface area contributed by atoms with Crippen LogP contribution in [-0.4, -0.2) is 39.7 Å². The van der Waals surface area contributed by atoms with Gasteiger partial charge in [-0.05, 0) is 18.9 Å². The van der Waals surface area contributed by atoms with Gasteiger partial charge in [-0.3, -0.25) is 4.79 Å². The van der Waals surface area contributed by atoms with E-state index in [2.05, 4.69) is 0 Å². The van der Waals surface area contributed by atoms with Crippen LogP contribution >= 0.6 is 0 Å². The Hall–Kier alpha value is -1.81. The third-order valence-corrected chi connectivity index (χ3v) is 3.98. The molecule has 0 radical (unpaired) electrons. The van der Waals surface area contributed by atoms with E-state index in [1.54, 1.807) is 0 Å². The summed E-state index contributed by atoms with van der Waals surface area (Å²) in [4.78, 5) is 14.5. The number of nitrogens with zero attached hydrogens (tertiary/aromatic N) is 2. The Labute approximate surface area is 112 Å². The molecule has 0 saturated carbocycles. The maximum absolute atomic E-state index is 12.6. The molecule has 1 atom stereocenters. The Morgan fingerprint density at radius 1 is 1.42 bits per heavy atom. The zero-order valence-electron chi connectivity index (χ0n) is 11.0. The fourth-order valence-corrected chi connectivity index (χ4v) is 2.96. The maximum Gasteiger partial charge on any atom is 0.256 e. The summed E-state index contributed by atoms with van der Waals surface area (Å²) in [6, 6.07) is 7.90. The van der Waals surface area contributed by atoms with Crippen molar-refractivity contribution in [2.24, 2.45) is 7.05 Å². The van der Waals surface area contributed by atoms with Crippen LogP contribution in [0.15, 0.2) is 30.5 Å². The number of aliphatic hydroxyl groups is 1. The summed E-state index contributed by atoms with van der Waals surface area (Å²) in [6.07, 6.45) is 3.76. The van der Waals surface area contributed by atoms with Gasteiger partial charge in [0.05, 0.1) is 18.2 Å². The number of rotatable bonds is 2. The minimum absolute atomic E-state index is 0.0218. The number of aryl methyl sites for hydroxylation is 1. The lowest BCUT2D eigenvalue weighted by Crippen LogP contribution is -2.37. The maximum atomic E-state index is 12.6. The number of aromatic nitrogens is 1. The molecule has 3 rings (SSSR count). The van der Waals surface area contributed by atoms with Gasteiger partial charge in [-0.25, -0.2) is 0 Å². The monoisotopic (exact) mass is 258 g/mol. The van der Waals surface area contributed by atoms with Gasteiger partial charge < -0.3 is 14.6 Å². The van der Waals surface area contributed by atoms with Crippen molar-refractivity contribution < 1.29 is 9.90 Å². The van der Waals surface area contributed by atoms with E-state index in [-0.39, 0.29) is 18.6 Å². The van der Waals surface area contributed by atoms with Crippen LogP contribution in [0.4, 0.5) is 0 Å². The molecule has 1 aromatic heterocycles. The summed E-state index contributed by atoms with van der Waals surface area (Å²) in [5, 5.41) is 10.3. The molecule has 1 aliphatic heterocycles. The number of amides is 1. The highest BCUT2D eigenvalue weighted by atomic mass is 16.3. The molecule has 19 heavy (non-hydrogen) atoms. The van der Waals surface area contributed by atoms with Crippen molar-refractivity contribution in [3.63, 3.8) is 0 Å². The van der Waals surface area contributed by atoms with E-state index in [4.69, 9.17) is 0 Å². The van der Waals surface area contributed by atoms with E-state index in [1.807, 2.05) is 47.0 Å². The molecule has 1 saturated heterocycles. The van der Waals surface area contributed by atoms with Gasteiger partial charge in [0, 0.05) is 30.7 Å². The van der Waals surface area contributed by atoms with Gasteiger partial charge in [0.1, 0.15) is 0 Å². The topological polar surface area (TPSA) is 45.5 Å². The lowest BCUT2D eigenvalue weighted by atomic mass is 10.1. The fraction of sp³-hybridized carbons (Fsp3) is 0.400. The lowest BCUT2D eigenvalue weighted by molar-refractivity contribution is 0.0679. The SMILES string of the molecule is Cn1cc(C(=O)N2CCCC2CO)c2ccccc21. The molecule has 4 heteroatoms. The lowest BCUT2D eigenvalue weighted by Gasteiger charge is -2.22. The van der Waals surface area contributed by atoms with Gasteiger partial charge in [0.25, 0.3) is 5.91 Å². The number of benzene rings is 1. The molecule has 1 N–H and O–H groups in total. The summed E-state index contributed by atoms with van der Waals surface area (Å²) < 4.78 is 1.98. The van der Waals surface area contributed by atoms with Crippen molar-refractivity contribution in [1.29, 1.82) is 0 Å². The molecule has 100 valence electrons. The van der Waals surface area contributed by atoms with E-state index >= 15 is 0 Å². The normalized spacial score (nSPS) is 19.3. The second-order valence-electron chi connectivity index (χ2n) is 5.15. The minimum Gasteiger partial charge on any atom is -0.394 e. The third-order valence-electron chi connectivity index (χ3n) is 3.98. The van der Waals surface area contributed by atoms with Gasteiger partial charge in [-0.2, -0.15) is 0 Å². The summed E-state index contributed by atoms with van der Waals surface area (Å²) in [7, 11) is 1.95. The quantitative estimate of drug-likeness (QED) is 0.892. The van der Waals surface area contributed by atoms with E-state index < -0.39 is 0 Å². The molecule has 1 unspecified atom stereocenters. The summed E-state index contributed by atoms with van der Waals surface area (Å²) in [5.41, 5.74) is 1.80. The second-order valence-corrected chi connectivity index (χ2v) is 5.15. The second kappa shape index (κ2) is 4.70. The number of carbonyl (C=O) groups is 1. The highest BCUT2D eigenvalue weighted by Gasteiger charge is 2.30. The molecule has 0 bridgehead atoms. The number of hydrogen-bond acceptors (Lipinski definition) is 2. The van der Waals surface area contributed by atoms with E-state index in [0.29, 0.717) is 0 Å². The first kappa shape index (κ1) is 12.2. The smallest absolute Gasteiger partial charge is 0.256 e. The number of carbonyl (C=O) groups excluding carboxylic acids is 1. The molecule has 1 aliphatic rings. The van der Waals surface area contributed by atoms with Crippen LogP contribution in [-0.2, 0) is 7.05 Å². The van der Waals surface area contributed by atoms with Crippen LogP contribution in [0, 0.1) is 0 Å². The predicted octanol–water partition coefficient (Wildman–Crippen LogP) is 1.78. The van der Waals surface area contributed by atoms with Gasteiger partial charge >= 0.3 is 0 Å². The number of para-hydroxylation sites is 1. The molecular formula is C15H18N2O2. The molecule has 1 aromatic carbocycles. The van der Waals surface area contributed by atoms with Crippen LogP contribution < -0.4 is 0 Å². The van der Waals surface area contributed by atoms with E-state index in [9.17, 15) is 9.90 Å². The van der Waals surface area contributed by atoms with Gasteiger partial charge in [0.2, 0.25) is 0 Å². The van der Waals surface area contributed by atoms with Gasteiger partial charge in [-0.1, -0.05) is 18.2 Å². The Balaban J connectivity index is 2.02.